The summed E-state index contributed by atoms with van der Waals surface area (Å²) >= 11 is 0. The molecule has 2 atom stereocenters. The van der Waals surface area contributed by atoms with Crippen LogP contribution in [-0.4, -0.2) is 7.11 Å². The van der Waals surface area contributed by atoms with Crippen LogP contribution in [0.25, 0.3) is 0 Å². The van der Waals surface area contributed by atoms with E-state index >= 15 is 0 Å². The van der Waals surface area contributed by atoms with E-state index in [1.807, 2.05) is 38.1 Å². The maximum Gasteiger partial charge on any atom is 0.119 e. The molecule has 0 radical (unpaired) electrons. The van der Waals surface area contributed by atoms with E-state index in [0.29, 0.717) is 0 Å². The number of nitrogens with two attached hydrogens (primary N) is 2. The van der Waals surface area contributed by atoms with E-state index in [0.717, 1.165) is 11.3 Å². The van der Waals surface area contributed by atoms with E-state index in [-0.39, 0.29) is 39.1 Å². The lowest BCUT2D eigenvalue weighted by atomic mass is 10.1. The average molecular weight is 355 g/mol. The first-order chi connectivity index (χ1) is 9.93. The maximum absolute atomic E-state index is 5.68. The normalized spacial score (nSPS) is 11.7. The van der Waals surface area contributed by atoms with Crippen molar-refractivity contribution in [3.63, 3.8) is 0 Å². The molecule has 4 N–H and O–H groups in total. The molecule has 0 fully saturated rings. The molecule has 2 aromatic rings. The van der Waals surface area contributed by atoms with Gasteiger partial charge in [-0.05, 0) is 44.0 Å². The molecule has 3 nitrogen and oxygen atoms in total. The zero-order valence-electron chi connectivity index (χ0n) is 14.3. The van der Waals surface area contributed by atoms with Gasteiger partial charge in [-0.15, -0.1) is 0 Å². The molecular formula is C18H30N2OS2. The van der Waals surface area contributed by atoms with E-state index in [1.165, 1.54) is 11.1 Å². The second-order valence-electron chi connectivity index (χ2n) is 5.26. The fourth-order valence-corrected chi connectivity index (χ4v) is 1.79. The largest absolute Gasteiger partial charge is 0.497 e. The number of methoxy groups -OCH3 is 1. The Morgan fingerprint density at radius 1 is 0.826 bits per heavy atom. The Kier molecular flexibility index (Phi) is 12.9. The number of ether oxygens (including phenoxy) is 1. The van der Waals surface area contributed by atoms with Gasteiger partial charge in [-0.1, -0.05) is 42.0 Å². The van der Waals surface area contributed by atoms with Crippen LogP contribution in [0.3, 0.4) is 0 Å². The van der Waals surface area contributed by atoms with E-state index in [1.54, 1.807) is 7.11 Å². The van der Waals surface area contributed by atoms with Crippen LogP contribution in [0.15, 0.2) is 48.5 Å². The van der Waals surface area contributed by atoms with Crippen molar-refractivity contribution in [3.05, 3.63) is 65.2 Å². The lowest BCUT2D eigenvalue weighted by Crippen LogP contribution is -2.04. The number of hydrogen-bond acceptors (Lipinski definition) is 3. The first-order valence-electron chi connectivity index (χ1n) is 7.15. The van der Waals surface area contributed by atoms with Crippen LogP contribution in [0.1, 0.15) is 42.6 Å². The lowest BCUT2D eigenvalue weighted by Gasteiger charge is -2.06. The Bertz CT molecular complexity index is 543. The van der Waals surface area contributed by atoms with Crippen LogP contribution in [0, 0.1) is 6.92 Å². The Morgan fingerprint density at radius 2 is 1.35 bits per heavy atom. The molecule has 0 spiro atoms. The van der Waals surface area contributed by atoms with Crippen molar-refractivity contribution >= 4 is 27.0 Å². The SMILES string of the molecule is COc1cccc([C@H](C)N)c1.Cc1ccc([C@H](C)N)cc1.S.S. The minimum atomic E-state index is 0. The van der Waals surface area contributed by atoms with Crippen molar-refractivity contribution in [1.82, 2.24) is 0 Å². The van der Waals surface area contributed by atoms with E-state index in [9.17, 15) is 0 Å². The summed E-state index contributed by atoms with van der Waals surface area (Å²) in [6.07, 6.45) is 0. The molecule has 0 aliphatic carbocycles. The number of rotatable bonds is 3. The van der Waals surface area contributed by atoms with Crippen LogP contribution in [0.2, 0.25) is 0 Å². The second-order valence-corrected chi connectivity index (χ2v) is 5.26. The fraction of sp³-hybridized carbons (Fsp3) is 0.333. The Morgan fingerprint density at radius 3 is 1.78 bits per heavy atom. The number of benzene rings is 2. The Hall–Kier alpha value is -1.14. The van der Waals surface area contributed by atoms with Gasteiger partial charge >= 0.3 is 0 Å². The van der Waals surface area contributed by atoms with E-state index in [2.05, 4.69) is 31.2 Å². The summed E-state index contributed by atoms with van der Waals surface area (Å²) < 4.78 is 5.05. The zero-order chi connectivity index (χ0) is 15.8. The Balaban J connectivity index is 0. The smallest absolute Gasteiger partial charge is 0.119 e. The summed E-state index contributed by atoms with van der Waals surface area (Å²) in [6.45, 7) is 6.02. The zero-order valence-corrected chi connectivity index (χ0v) is 16.3. The van der Waals surface area contributed by atoms with Gasteiger partial charge in [-0.3, -0.25) is 0 Å². The minimum absolute atomic E-state index is 0. The molecule has 0 aromatic heterocycles. The summed E-state index contributed by atoms with van der Waals surface area (Å²) in [5, 5.41) is 0. The molecule has 0 aliphatic heterocycles. The molecule has 0 saturated carbocycles. The number of aryl methyl sites for hydroxylation is 1. The summed E-state index contributed by atoms with van der Waals surface area (Å²) in [4.78, 5) is 0. The average Bonchev–Trinajstić information content (AvgIpc) is 2.48. The Labute approximate surface area is 154 Å². The van der Waals surface area contributed by atoms with Gasteiger partial charge in [-0.2, -0.15) is 27.0 Å². The summed E-state index contributed by atoms with van der Waals surface area (Å²) in [5.41, 5.74) is 14.9. The highest BCUT2D eigenvalue weighted by molar-refractivity contribution is 7.59. The van der Waals surface area contributed by atoms with Crippen LogP contribution >= 0.6 is 27.0 Å². The van der Waals surface area contributed by atoms with Gasteiger partial charge in [0.15, 0.2) is 0 Å². The van der Waals surface area contributed by atoms with Crippen LogP contribution < -0.4 is 16.2 Å². The summed E-state index contributed by atoms with van der Waals surface area (Å²) in [7, 11) is 1.65. The highest BCUT2D eigenvalue weighted by Crippen LogP contribution is 2.16. The van der Waals surface area contributed by atoms with Crippen molar-refractivity contribution in [2.45, 2.75) is 32.9 Å². The van der Waals surface area contributed by atoms with Crippen LogP contribution in [0.4, 0.5) is 0 Å². The van der Waals surface area contributed by atoms with Gasteiger partial charge < -0.3 is 16.2 Å². The van der Waals surface area contributed by atoms with Crippen LogP contribution in [-0.2, 0) is 0 Å². The van der Waals surface area contributed by atoms with Crippen molar-refractivity contribution in [3.8, 4) is 5.75 Å². The molecule has 0 bridgehead atoms. The molecule has 2 aromatic carbocycles. The minimum Gasteiger partial charge on any atom is -0.497 e. The first kappa shape index (κ1) is 24.1. The predicted molar refractivity (Wildman–Crippen MR) is 110 cm³/mol. The summed E-state index contributed by atoms with van der Waals surface area (Å²) in [5.74, 6) is 0.861. The van der Waals surface area contributed by atoms with Gasteiger partial charge in [-0.25, -0.2) is 0 Å². The predicted octanol–water partition coefficient (Wildman–Crippen LogP) is 3.96. The van der Waals surface area contributed by atoms with Gasteiger partial charge in [0.2, 0.25) is 0 Å². The molecule has 2 rings (SSSR count). The molecule has 0 heterocycles. The maximum atomic E-state index is 5.68. The molecule has 5 heteroatoms. The first-order valence-corrected chi connectivity index (χ1v) is 7.15. The molecule has 0 aliphatic rings. The van der Waals surface area contributed by atoms with Gasteiger partial charge in [0, 0.05) is 12.1 Å². The third-order valence-electron chi connectivity index (χ3n) is 3.22. The fourth-order valence-electron chi connectivity index (χ4n) is 1.79. The van der Waals surface area contributed by atoms with Crippen molar-refractivity contribution in [1.29, 1.82) is 0 Å². The monoisotopic (exact) mass is 354 g/mol. The molecule has 0 unspecified atom stereocenters. The third kappa shape index (κ3) is 8.91. The van der Waals surface area contributed by atoms with Crippen molar-refractivity contribution in [2.75, 3.05) is 7.11 Å². The quantitative estimate of drug-likeness (QED) is 0.877. The molecule has 130 valence electrons. The molecule has 23 heavy (non-hydrogen) atoms. The molecule has 0 amide bonds. The van der Waals surface area contributed by atoms with Gasteiger partial charge in [0.05, 0.1) is 7.11 Å². The van der Waals surface area contributed by atoms with Crippen LogP contribution in [0.5, 0.6) is 5.75 Å². The summed E-state index contributed by atoms with van der Waals surface area (Å²) in [6, 6.07) is 16.3. The third-order valence-corrected chi connectivity index (χ3v) is 3.22. The van der Waals surface area contributed by atoms with E-state index in [4.69, 9.17) is 16.2 Å². The highest BCUT2D eigenvalue weighted by Gasteiger charge is 1.99. The highest BCUT2D eigenvalue weighted by atomic mass is 32.1. The van der Waals surface area contributed by atoms with Crippen molar-refractivity contribution < 1.29 is 4.74 Å². The second kappa shape index (κ2) is 12.3. The standard InChI is InChI=1S/C9H13NO.C9H13N.2H2S/c1-7(10)8-4-3-5-9(6-8)11-2;1-7-3-5-9(6-4-7)8(2)10;;/h3-7H,10H2,1-2H3;3-6,8H,10H2,1-2H3;2*1H2/t7-;8-;;/m00../s1. The van der Waals surface area contributed by atoms with E-state index < -0.39 is 0 Å². The molecular weight excluding hydrogens is 324 g/mol. The van der Waals surface area contributed by atoms with Gasteiger partial charge in [0.1, 0.15) is 5.75 Å². The molecule has 0 saturated heterocycles. The lowest BCUT2D eigenvalue weighted by molar-refractivity contribution is 0.414. The topological polar surface area (TPSA) is 61.3 Å². The number of hydrogen-bond donors (Lipinski definition) is 2. The van der Waals surface area contributed by atoms with Crippen molar-refractivity contribution in [2.24, 2.45) is 11.5 Å². The van der Waals surface area contributed by atoms with Gasteiger partial charge in [0.25, 0.3) is 0 Å².